The first-order chi connectivity index (χ1) is 9.20. The van der Waals surface area contributed by atoms with E-state index >= 15 is 0 Å². The van der Waals surface area contributed by atoms with Gasteiger partial charge in [0.1, 0.15) is 0 Å². The largest absolute Gasteiger partial charge is 0.462 e. The number of hydrogen-bond donors (Lipinski definition) is 0. The van der Waals surface area contributed by atoms with Gasteiger partial charge in [0.2, 0.25) is 0 Å². The molecule has 2 heterocycles. The summed E-state index contributed by atoms with van der Waals surface area (Å²) in [6, 6.07) is 9.32. The van der Waals surface area contributed by atoms with Crippen molar-refractivity contribution in [2.45, 2.75) is 6.92 Å². The number of fused-ring (bicyclic) bond motifs is 3. The fourth-order valence-corrected chi connectivity index (χ4v) is 2.31. The Kier molecular flexibility index (Phi) is 2.87. The van der Waals surface area contributed by atoms with Crippen molar-refractivity contribution in [2.75, 3.05) is 6.61 Å². The monoisotopic (exact) mass is 274 g/mol. The molecule has 0 aliphatic heterocycles. The van der Waals surface area contributed by atoms with E-state index in [-0.39, 0.29) is 5.97 Å². The molecule has 0 amide bonds. The maximum atomic E-state index is 11.8. The normalized spacial score (nSPS) is 11.1. The van der Waals surface area contributed by atoms with Crippen LogP contribution in [0, 0.1) is 0 Å². The van der Waals surface area contributed by atoms with Gasteiger partial charge >= 0.3 is 5.97 Å². The summed E-state index contributed by atoms with van der Waals surface area (Å²) in [7, 11) is 0. The van der Waals surface area contributed by atoms with Crippen LogP contribution in [-0.2, 0) is 4.74 Å². The van der Waals surface area contributed by atoms with Crippen LogP contribution in [0.2, 0.25) is 5.15 Å². The molecule has 0 spiro atoms. The van der Waals surface area contributed by atoms with Gasteiger partial charge in [-0.3, -0.25) is 0 Å². The van der Waals surface area contributed by atoms with E-state index in [1.165, 1.54) is 0 Å². The molecule has 5 heteroatoms. The minimum Gasteiger partial charge on any atom is -0.462 e. The van der Waals surface area contributed by atoms with Gasteiger partial charge in [-0.05, 0) is 25.1 Å². The maximum absolute atomic E-state index is 11.8. The van der Waals surface area contributed by atoms with Crippen molar-refractivity contribution in [1.29, 1.82) is 0 Å². The van der Waals surface area contributed by atoms with Gasteiger partial charge in [0.25, 0.3) is 0 Å². The van der Waals surface area contributed by atoms with Gasteiger partial charge in [-0.2, -0.15) is 0 Å². The average Bonchev–Trinajstić information content (AvgIpc) is 2.85. The number of aromatic nitrogens is 2. The predicted molar refractivity (Wildman–Crippen MR) is 73.7 cm³/mol. The summed E-state index contributed by atoms with van der Waals surface area (Å²) in [5, 5.41) is 0.370. The quantitative estimate of drug-likeness (QED) is 0.673. The van der Waals surface area contributed by atoms with Crippen LogP contribution in [0.1, 0.15) is 17.3 Å². The molecule has 1 aromatic carbocycles. The Morgan fingerprint density at radius 3 is 2.95 bits per heavy atom. The average molecular weight is 275 g/mol. The third-order valence-electron chi connectivity index (χ3n) is 2.90. The summed E-state index contributed by atoms with van der Waals surface area (Å²) in [6.07, 6.45) is 1.73. The lowest BCUT2D eigenvalue weighted by Gasteiger charge is -2.02. The molecular weight excluding hydrogens is 264 g/mol. The highest BCUT2D eigenvalue weighted by Crippen LogP contribution is 2.24. The molecule has 2 aromatic heterocycles. The second-order valence-corrected chi connectivity index (χ2v) is 4.45. The molecule has 0 aliphatic rings. The molecule has 0 saturated carbocycles. The molecular formula is C14H11ClN2O2. The van der Waals surface area contributed by atoms with Gasteiger partial charge in [0.15, 0.2) is 5.15 Å². The second kappa shape index (κ2) is 4.55. The minimum absolute atomic E-state index is 0.345. The molecule has 4 nitrogen and oxygen atoms in total. The van der Waals surface area contributed by atoms with Crippen LogP contribution in [0.25, 0.3) is 16.6 Å². The predicted octanol–water partition coefficient (Wildman–Crippen LogP) is 3.32. The van der Waals surface area contributed by atoms with Crippen molar-refractivity contribution >= 4 is 34.1 Å². The van der Waals surface area contributed by atoms with Crippen LogP contribution < -0.4 is 0 Å². The van der Waals surface area contributed by atoms with Gasteiger partial charge in [-0.1, -0.05) is 23.7 Å². The molecule has 3 rings (SSSR count). The Bertz CT molecular complexity index is 780. The van der Waals surface area contributed by atoms with E-state index in [0.29, 0.717) is 22.8 Å². The molecule has 0 N–H and O–H groups in total. The SMILES string of the molecule is CCOC(=O)c1cc2c(Cl)nc3ccccc3n2c1. The van der Waals surface area contributed by atoms with Crippen molar-refractivity contribution in [2.24, 2.45) is 0 Å². The fraction of sp³-hybridized carbons (Fsp3) is 0.143. The molecule has 0 bridgehead atoms. The third-order valence-corrected chi connectivity index (χ3v) is 3.18. The molecule has 0 radical (unpaired) electrons. The highest BCUT2D eigenvalue weighted by molar-refractivity contribution is 6.33. The lowest BCUT2D eigenvalue weighted by molar-refractivity contribution is 0.0526. The van der Waals surface area contributed by atoms with Crippen LogP contribution in [0.15, 0.2) is 36.5 Å². The van der Waals surface area contributed by atoms with Crippen molar-refractivity contribution < 1.29 is 9.53 Å². The van der Waals surface area contributed by atoms with E-state index in [1.807, 2.05) is 28.7 Å². The number of halogens is 1. The topological polar surface area (TPSA) is 43.6 Å². The first-order valence-corrected chi connectivity index (χ1v) is 6.32. The lowest BCUT2D eigenvalue weighted by atomic mass is 10.3. The van der Waals surface area contributed by atoms with Crippen LogP contribution in [0.5, 0.6) is 0 Å². The van der Waals surface area contributed by atoms with E-state index in [2.05, 4.69) is 4.98 Å². The van der Waals surface area contributed by atoms with Crippen LogP contribution >= 0.6 is 11.6 Å². The van der Waals surface area contributed by atoms with Gasteiger partial charge in [-0.15, -0.1) is 0 Å². The molecule has 3 aromatic rings. The summed E-state index contributed by atoms with van der Waals surface area (Å²) >= 11 is 6.15. The first kappa shape index (κ1) is 12.0. The van der Waals surface area contributed by atoms with Gasteiger partial charge in [0.05, 0.1) is 28.7 Å². The maximum Gasteiger partial charge on any atom is 0.339 e. The van der Waals surface area contributed by atoms with Crippen molar-refractivity contribution in [1.82, 2.24) is 9.38 Å². The Balaban J connectivity index is 2.29. The van der Waals surface area contributed by atoms with Crippen LogP contribution in [0.4, 0.5) is 0 Å². The van der Waals surface area contributed by atoms with E-state index in [1.54, 1.807) is 19.2 Å². The zero-order chi connectivity index (χ0) is 13.4. The number of carbonyl (C=O) groups is 1. The number of benzene rings is 1. The molecule has 96 valence electrons. The Labute approximate surface area is 114 Å². The van der Waals surface area contributed by atoms with E-state index in [0.717, 1.165) is 11.0 Å². The number of esters is 1. The van der Waals surface area contributed by atoms with Crippen LogP contribution in [-0.4, -0.2) is 22.0 Å². The van der Waals surface area contributed by atoms with Gasteiger partial charge < -0.3 is 9.14 Å². The zero-order valence-corrected chi connectivity index (χ0v) is 11.0. The standard InChI is InChI=1S/C14H11ClN2O2/c1-2-19-14(18)9-7-12-13(15)16-10-5-3-4-6-11(10)17(12)8-9/h3-8H,2H2,1H3. The molecule has 0 unspecified atom stereocenters. The van der Waals surface area contributed by atoms with E-state index < -0.39 is 0 Å². The second-order valence-electron chi connectivity index (χ2n) is 4.10. The number of ether oxygens (including phenoxy) is 1. The number of rotatable bonds is 2. The van der Waals surface area contributed by atoms with Gasteiger partial charge in [0, 0.05) is 6.20 Å². The Morgan fingerprint density at radius 1 is 1.37 bits per heavy atom. The lowest BCUT2D eigenvalue weighted by Crippen LogP contribution is -2.02. The molecule has 0 saturated heterocycles. The number of para-hydroxylation sites is 2. The minimum atomic E-state index is -0.355. The summed E-state index contributed by atoms with van der Waals surface area (Å²) < 4.78 is 6.85. The van der Waals surface area contributed by atoms with Crippen molar-refractivity contribution in [3.63, 3.8) is 0 Å². The number of carbonyl (C=O) groups excluding carboxylic acids is 1. The van der Waals surface area contributed by atoms with E-state index in [9.17, 15) is 4.79 Å². The molecule has 0 aliphatic carbocycles. The molecule has 0 fully saturated rings. The van der Waals surface area contributed by atoms with Gasteiger partial charge in [-0.25, -0.2) is 9.78 Å². The molecule has 19 heavy (non-hydrogen) atoms. The highest BCUT2D eigenvalue weighted by atomic mass is 35.5. The first-order valence-electron chi connectivity index (χ1n) is 5.94. The Hall–Kier alpha value is -2.07. The third kappa shape index (κ3) is 1.94. The summed E-state index contributed by atoms with van der Waals surface area (Å²) in [5.74, 6) is -0.355. The van der Waals surface area contributed by atoms with Crippen molar-refractivity contribution in [3.8, 4) is 0 Å². The number of hydrogen-bond acceptors (Lipinski definition) is 3. The summed E-state index contributed by atoms with van der Waals surface area (Å²) in [4.78, 5) is 16.1. The smallest absolute Gasteiger partial charge is 0.339 e. The van der Waals surface area contributed by atoms with Crippen LogP contribution in [0.3, 0.4) is 0 Å². The summed E-state index contributed by atoms with van der Waals surface area (Å²) in [5.41, 5.74) is 2.86. The number of nitrogens with zero attached hydrogens (tertiary/aromatic N) is 2. The highest BCUT2D eigenvalue weighted by Gasteiger charge is 2.13. The molecule has 0 atom stereocenters. The zero-order valence-electron chi connectivity index (χ0n) is 10.3. The van der Waals surface area contributed by atoms with Crippen molar-refractivity contribution in [3.05, 3.63) is 47.2 Å². The summed E-state index contributed by atoms with van der Waals surface area (Å²) in [6.45, 7) is 2.12. The van der Waals surface area contributed by atoms with E-state index in [4.69, 9.17) is 16.3 Å². The fourth-order valence-electron chi connectivity index (χ4n) is 2.07. The Morgan fingerprint density at radius 2 is 2.16 bits per heavy atom.